The molecule has 0 atom stereocenters. The van der Waals surface area contributed by atoms with Gasteiger partial charge in [-0.1, -0.05) is 467 Å². The van der Waals surface area contributed by atoms with Crippen LogP contribution in [0.15, 0.2) is 516 Å². The molecule has 6 heterocycles. The Morgan fingerprint density at radius 2 is 0.353 bits per heavy atom. The normalized spacial score (nSPS) is 11.3. The second-order valence-electron chi connectivity index (χ2n) is 37.1. The molecule has 0 N–H and O–H groups in total. The van der Waals surface area contributed by atoms with Crippen LogP contribution in [0.5, 0.6) is 0 Å². The molecule has 28 aromatic rings. The molecule has 0 aliphatic carbocycles. The summed E-state index contributed by atoms with van der Waals surface area (Å²) >= 11 is 0. The van der Waals surface area contributed by atoms with Crippen LogP contribution in [0, 0.1) is 11.3 Å². The average molecular weight is 1910 g/mol. The van der Waals surface area contributed by atoms with Crippen molar-refractivity contribution in [2.75, 3.05) is 0 Å². The molecule has 0 bridgehead atoms. The Morgan fingerprint density at radius 3 is 0.667 bits per heavy atom. The van der Waals surface area contributed by atoms with E-state index in [0.29, 0.717) is 58.0 Å². The summed E-state index contributed by atoms with van der Waals surface area (Å²) in [4.78, 5) is 60.8. The van der Waals surface area contributed by atoms with Crippen LogP contribution in [0.4, 0.5) is 0 Å². The van der Waals surface area contributed by atoms with Crippen molar-refractivity contribution in [3.05, 3.63) is 521 Å². The van der Waals surface area contributed by atoms with E-state index >= 15 is 0 Å². The van der Waals surface area contributed by atoms with Crippen molar-refractivity contribution in [1.29, 1.82) is 5.26 Å². The lowest BCUT2D eigenvalue weighted by Gasteiger charge is -2.15. The Balaban J connectivity index is 0.000000114. The van der Waals surface area contributed by atoms with E-state index in [2.05, 4.69) is 297 Å². The lowest BCUT2D eigenvalue weighted by atomic mass is 9.92. The molecule has 0 aliphatic rings. The Labute approximate surface area is 864 Å². The van der Waals surface area contributed by atoms with Gasteiger partial charge >= 0.3 is 0 Å². The maximum Gasteiger partial charge on any atom is 0.164 e. The quantitative estimate of drug-likeness (QED) is 0.0886. The molecule has 0 unspecified atom stereocenters. The van der Waals surface area contributed by atoms with Crippen LogP contribution in [-0.4, -0.2) is 59.8 Å². The fourth-order valence-corrected chi connectivity index (χ4v) is 20.6. The number of hydrogen-bond donors (Lipinski definition) is 0. The monoisotopic (exact) mass is 1910 g/mol. The fraction of sp³-hybridized carbons (Fsp3) is 0. The summed E-state index contributed by atoms with van der Waals surface area (Å²) < 4.78 is 0. The molecule has 13 heteroatoms. The van der Waals surface area contributed by atoms with Gasteiger partial charge in [-0.25, -0.2) is 59.8 Å². The maximum atomic E-state index is 9.32. The molecule has 6 aromatic heterocycles. The van der Waals surface area contributed by atoms with Crippen molar-refractivity contribution < 1.29 is 0 Å². The summed E-state index contributed by atoms with van der Waals surface area (Å²) in [5, 5.41) is 29.2. The summed E-state index contributed by atoms with van der Waals surface area (Å²) in [6.45, 7) is 0. The Kier molecular flexibility index (Phi) is 23.4. The third-order valence-electron chi connectivity index (χ3n) is 27.9. The van der Waals surface area contributed by atoms with E-state index in [4.69, 9.17) is 59.8 Å². The summed E-state index contributed by atoms with van der Waals surface area (Å²) in [5.41, 5.74) is 24.2. The molecular weight excluding hydrogens is 1830 g/mol. The predicted octanol–water partition coefficient (Wildman–Crippen LogP) is 34.2. The van der Waals surface area contributed by atoms with Gasteiger partial charge in [0.05, 0.1) is 45.3 Å². The van der Waals surface area contributed by atoms with Crippen LogP contribution >= 0.6 is 0 Å². The second-order valence-corrected chi connectivity index (χ2v) is 37.1. The third kappa shape index (κ3) is 17.5. The summed E-state index contributed by atoms with van der Waals surface area (Å²) in [5.74, 6) is 5.62. The zero-order valence-electron chi connectivity index (χ0n) is 80.9. The first-order chi connectivity index (χ1) is 74.3. The molecule has 0 saturated heterocycles. The summed E-state index contributed by atoms with van der Waals surface area (Å²) in [6, 6.07) is 180. The Morgan fingerprint density at radius 1 is 0.133 bits per heavy atom. The van der Waals surface area contributed by atoms with Crippen LogP contribution < -0.4 is 0 Å². The van der Waals surface area contributed by atoms with Crippen molar-refractivity contribution in [1.82, 2.24) is 59.8 Å². The molecule has 22 aromatic carbocycles. The molecule has 0 fully saturated rings. The van der Waals surface area contributed by atoms with Crippen molar-refractivity contribution in [2.24, 2.45) is 0 Å². The number of rotatable bonds is 15. The maximum absolute atomic E-state index is 9.32. The highest BCUT2D eigenvalue weighted by Crippen LogP contribution is 2.46. The molecule has 0 saturated carbocycles. The van der Waals surface area contributed by atoms with Crippen molar-refractivity contribution in [2.45, 2.75) is 0 Å². The number of benzene rings is 22. The van der Waals surface area contributed by atoms with Crippen molar-refractivity contribution in [3.63, 3.8) is 0 Å². The van der Waals surface area contributed by atoms with Crippen LogP contribution in [0.25, 0.3) is 278 Å². The SMILES string of the molecule is N#Cc1ccc(-c2ccc3c(c2)nc(-c2cccc(-c4nc(-c5ccccc5)nc(-c5ccccc5)n4)c2)c2ccc4ccccc4c23)cc1.c1ccc(-c2ccc3c(c2)nc(-c2cccc(-c4nc(-c5ccccc5)nc(-c5ccccc5)n4)c2)c2ccc4ccccc4c23)cc1.c1ccc(-c2nc(-c3ccccc3)nc(-c3cccc(-c4nc5cc(-c6cccc7ccccc67)ccc5c5c4ccc4ccccc45)c3)n2)cc1. The van der Waals surface area contributed by atoms with E-state index in [1.54, 1.807) is 0 Å². The number of hydrogen-bond acceptors (Lipinski definition) is 13. The second kappa shape index (κ2) is 39.3. The van der Waals surface area contributed by atoms with Crippen molar-refractivity contribution >= 4 is 108 Å². The smallest absolute Gasteiger partial charge is 0.164 e. The minimum absolute atomic E-state index is 0.596. The average Bonchev–Trinajstić information content (AvgIpc) is 0.737. The topological polar surface area (TPSA) is 178 Å². The highest BCUT2D eigenvalue weighted by atomic mass is 15.1. The highest BCUT2D eigenvalue weighted by Gasteiger charge is 2.24. The fourth-order valence-electron chi connectivity index (χ4n) is 20.6. The van der Waals surface area contributed by atoms with E-state index in [0.717, 1.165) is 160 Å². The van der Waals surface area contributed by atoms with E-state index in [9.17, 15) is 5.26 Å². The van der Waals surface area contributed by atoms with Crippen LogP contribution in [0.1, 0.15) is 5.56 Å². The zero-order valence-corrected chi connectivity index (χ0v) is 80.9. The molecule has 13 nitrogen and oxygen atoms in total. The number of fused-ring (bicyclic) bond motifs is 16. The minimum Gasteiger partial charge on any atom is -0.247 e. The summed E-state index contributed by atoms with van der Waals surface area (Å²) in [6.07, 6.45) is 0. The molecule has 150 heavy (non-hydrogen) atoms. The first-order valence-electron chi connectivity index (χ1n) is 50.0. The van der Waals surface area contributed by atoms with Gasteiger partial charge in [0, 0.05) is 115 Å². The van der Waals surface area contributed by atoms with Gasteiger partial charge in [0.1, 0.15) is 0 Å². The first-order valence-corrected chi connectivity index (χ1v) is 50.0. The van der Waals surface area contributed by atoms with Gasteiger partial charge in [0.15, 0.2) is 52.4 Å². The minimum atomic E-state index is 0.596. The standard InChI is InChI=1S/C48H30N4.C45H27N5.C44H28N4/c1-3-15-33(16-4-1)46-50-47(34-17-5-2-6-18-34)52-48(51-46)37-21-11-20-36(29-37)45-42-28-25-32-14-8-10-23-40(32)44(42)41-27-26-35(30-43(41)49-45)39-24-12-19-31-13-7-9-22-38(31)39;46-28-29-18-20-30(21-19-29)34-23-24-38-40(27-34)47-42(39-25-22-31-10-7-8-17-37(31)41(38)39)35-15-9-16-36(26-35)45-49-43(32-11-3-1-4-12-32)48-44(50-45)33-13-5-2-6-14-33;1-4-13-29(14-5-1)33-24-25-37-39(28-33)45-41(38-26-23-30-15-10-11-22-36(30)40(37)38)34-20-12-21-35(27-34)44-47-42(31-16-6-2-7-17-31)46-43(48-44)32-18-8-3-9-19-32/h1-30H;1-27H;1-28H. The van der Waals surface area contributed by atoms with Crippen LogP contribution in [0.3, 0.4) is 0 Å². The van der Waals surface area contributed by atoms with E-state index < -0.39 is 0 Å². The zero-order chi connectivity index (χ0) is 99.7. The Bertz CT molecular complexity index is 9970. The number of aromatic nitrogens is 12. The molecule has 698 valence electrons. The summed E-state index contributed by atoms with van der Waals surface area (Å²) in [7, 11) is 0. The number of pyridine rings is 3. The number of nitriles is 1. The van der Waals surface area contributed by atoms with Gasteiger partial charge < -0.3 is 0 Å². The molecule has 0 radical (unpaired) electrons. The van der Waals surface area contributed by atoms with Crippen molar-refractivity contribution in [3.8, 4) is 176 Å². The van der Waals surface area contributed by atoms with Gasteiger partial charge in [-0.05, 0) is 125 Å². The molecule has 0 aliphatic heterocycles. The van der Waals surface area contributed by atoms with Gasteiger partial charge in [-0.2, -0.15) is 5.26 Å². The largest absolute Gasteiger partial charge is 0.247 e. The predicted molar refractivity (Wildman–Crippen MR) is 614 cm³/mol. The van der Waals surface area contributed by atoms with Gasteiger partial charge in [-0.15, -0.1) is 0 Å². The van der Waals surface area contributed by atoms with E-state index in [1.807, 2.05) is 224 Å². The molecule has 28 rings (SSSR count). The highest BCUT2D eigenvalue weighted by molar-refractivity contribution is 6.26. The van der Waals surface area contributed by atoms with Gasteiger partial charge in [-0.3, -0.25) is 0 Å². The van der Waals surface area contributed by atoms with E-state index in [-0.39, 0.29) is 0 Å². The first kappa shape index (κ1) is 89.5. The van der Waals surface area contributed by atoms with Crippen LogP contribution in [-0.2, 0) is 0 Å². The lowest BCUT2D eigenvalue weighted by molar-refractivity contribution is 1.07. The lowest BCUT2D eigenvalue weighted by Crippen LogP contribution is -2.00. The van der Waals surface area contributed by atoms with E-state index in [1.165, 1.54) is 65.0 Å². The molecule has 0 amide bonds. The van der Waals surface area contributed by atoms with Gasteiger partial charge in [0.2, 0.25) is 0 Å². The van der Waals surface area contributed by atoms with Crippen LogP contribution in [0.2, 0.25) is 0 Å². The molecular formula is C137H85N13. The Hall–Kier alpha value is -20.6. The number of nitrogens with zero attached hydrogens (tertiary/aromatic N) is 13. The van der Waals surface area contributed by atoms with Gasteiger partial charge in [0.25, 0.3) is 0 Å². The molecule has 0 spiro atoms. The third-order valence-corrected chi connectivity index (χ3v) is 27.9.